The fraction of sp³-hybridized carbons (Fsp3) is 0.435. The number of carbonyl (C=O) groups is 2. The van der Waals surface area contributed by atoms with Gasteiger partial charge in [-0.05, 0) is 31.0 Å². The molecular weight excluding hydrogens is 414 g/mol. The van der Waals surface area contributed by atoms with Crippen molar-refractivity contribution in [2.75, 3.05) is 32.2 Å². The lowest BCUT2D eigenvalue weighted by Gasteiger charge is -2.23. The molecule has 9 heteroatoms. The maximum atomic E-state index is 13.2. The van der Waals surface area contributed by atoms with Gasteiger partial charge in [0.05, 0.1) is 38.7 Å². The molecule has 3 aliphatic rings. The Morgan fingerprint density at radius 2 is 2.09 bits per heavy atom. The third-order valence-electron chi connectivity index (χ3n) is 6.46. The monoisotopic (exact) mass is 439 g/mol. The van der Waals surface area contributed by atoms with E-state index in [4.69, 9.17) is 18.7 Å². The largest absolute Gasteiger partial charge is 0.493 e. The van der Waals surface area contributed by atoms with Crippen molar-refractivity contribution in [3.05, 3.63) is 47.7 Å². The van der Waals surface area contributed by atoms with Crippen LogP contribution in [0.2, 0.25) is 0 Å². The number of anilines is 1. The highest BCUT2D eigenvalue weighted by Gasteiger charge is 2.67. The minimum atomic E-state index is -0.792. The fourth-order valence-electron chi connectivity index (χ4n) is 4.96. The number of carbonyl (C=O) groups excluding carboxylic acids is 2. The summed E-state index contributed by atoms with van der Waals surface area (Å²) in [6.45, 7) is 2.53. The van der Waals surface area contributed by atoms with Crippen molar-refractivity contribution >= 4 is 17.6 Å². The molecule has 168 valence electrons. The molecule has 0 radical (unpaired) electrons. The highest BCUT2D eigenvalue weighted by atomic mass is 16.5. The van der Waals surface area contributed by atoms with E-state index in [9.17, 15) is 9.59 Å². The molecule has 0 saturated carbocycles. The number of nitrogens with zero attached hydrogens (tertiary/aromatic N) is 2. The topological polar surface area (TPSA) is 103 Å². The minimum absolute atomic E-state index is 0.162. The Kier molecular flexibility index (Phi) is 4.93. The van der Waals surface area contributed by atoms with Crippen molar-refractivity contribution in [1.82, 2.24) is 10.5 Å². The van der Waals surface area contributed by atoms with Crippen LogP contribution in [0.4, 0.5) is 5.82 Å². The minimum Gasteiger partial charge on any atom is -0.493 e. The number of aryl methyl sites for hydroxylation is 1. The van der Waals surface area contributed by atoms with Gasteiger partial charge in [0.1, 0.15) is 11.4 Å². The Hall–Kier alpha value is -3.33. The Bertz CT molecular complexity index is 1100. The van der Waals surface area contributed by atoms with Crippen LogP contribution in [0.3, 0.4) is 0 Å². The van der Waals surface area contributed by atoms with E-state index in [0.717, 1.165) is 5.56 Å². The Labute approximate surface area is 185 Å². The van der Waals surface area contributed by atoms with Crippen LogP contribution in [-0.2, 0) is 20.7 Å². The second-order valence-electron chi connectivity index (χ2n) is 8.35. The van der Waals surface area contributed by atoms with Gasteiger partial charge < -0.3 is 24.1 Å². The second-order valence-corrected chi connectivity index (χ2v) is 8.35. The van der Waals surface area contributed by atoms with Crippen molar-refractivity contribution in [2.45, 2.75) is 25.0 Å². The first-order valence-electron chi connectivity index (χ1n) is 10.6. The lowest BCUT2D eigenvalue weighted by atomic mass is 9.77. The average molecular weight is 439 g/mol. The van der Waals surface area contributed by atoms with Gasteiger partial charge in [-0.2, -0.15) is 0 Å². The quantitative estimate of drug-likeness (QED) is 0.655. The SMILES string of the molecule is COc1ccc(CCNC(=O)[C@@H]2[C@H]3C=C[C@]4(CN(c5cc(C)on5)C(=O)[C@@H]24)O3)cc1OC. The predicted octanol–water partition coefficient (Wildman–Crippen LogP) is 1.65. The van der Waals surface area contributed by atoms with E-state index in [1.165, 1.54) is 0 Å². The maximum Gasteiger partial charge on any atom is 0.235 e. The van der Waals surface area contributed by atoms with Gasteiger partial charge in [-0.3, -0.25) is 14.5 Å². The Morgan fingerprint density at radius 1 is 1.28 bits per heavy atom. The molecule has 1 aromatic carbocycles. The second kappa shape index (κ2) is 7.67. The van der Waals surface area contributed by atoms with Crippen LogP contribution in [0.1, 0.15) is 11.3 Å². The molecule has 0 aliphatic carbocycles. The Balaban J connectivity index is 1.27. The lowest BCUT2D eigenvalue weighted by Crippen LogP contribution is -2.44. The van der Waals surface area contributed by atoms with Crippen molar-refractivity contribution in [3.63, 3.8) is 0 Å². The summed E-state index contributed by atoms with van der Waals surface area (Å²) in [6.07, 6.45) is 4.03. The highest BCUT2D eigenvalue weighted by molar-refractivity contribution is 6.02. The molecule has 5 rings (SSSR count). The van der Waals surface area contributed by atoms with Gasteiger partial charge in [0.2, 0.25) is 11.8 Å². The summed E-state index contributed by atoms with van der Waals surface area (Å²) in [5.41, 5.74) is 0.216. The molecule has 1 spiro atoms. The molecule has 9 nitrogen and oxygen atoms in total. The molecule has 32 heavy (non-hydrogen) atoms. The molecule has 3 aliphatic heterocycles. The van der Waals surface area contributed by atoms with Crippen LogP contribution in [-0.4, -0.2) is 56.0 Å². The maximum absolute atomic E-state index is 13.2. The number of fused-ring (bicyclic) bond motifs is 1. The van der Waals surface area contributed by atoms with Gasteiger partial charge >= 0.3 is 0 Å². The zero-order valence-electron chi connectivity index (χ0n) is 18.2. The van der Waals surface area contributed by atoms with Gasteiger partial charge in [0.25, 0.3) is 0 Å². The molecular formula is C23H25N3O6. The highest BCUT2D eigenvalue weighted by Crippen LogP contribution is 2.52. The molecule has 0 unspecified atom stereocenters. The molecule has 4 heterocycles. The van der Waals surface area contributed by atoms with E-state index in [1.54, 1.807) is 32.1 Å². The van der Waals surface area contributed by atoms with Crippen LogP contribution < -0.4 is 19.7 Å². The van der Waals surface area contributed by atoms with Crippen LogP contribution in [0.25, 0.3) is 0 Å². The summed E-state index contributed by atoms with van der Waals surface area (Å²) in [5.74, 6) is 0.875. The fourth-order valence-corrected chi connectivity index (χ4v) is 4.96. The number of amides is 2. The van der Waals surface area contributed by atoms with Gasteiger partial charge in [0.15, 0.2) is 17.3 Å². The number of ether oxygens (including phenoxy) is 3. The summed E-state index contributed by atoms with van der Waals surface area (Å²) in [6, 6.07) is 7.38. The zero-order valence-corrected chi connectivity index (χ0v) is 18.2. The van der Waals surface area contributed by atoms with Crippen molar-refractivity contribution < 1.29 is 28.3 Å². The predicted molar refractivity (Wildman–Crippen MR) is 114 cm³/mol. The summed E-state index contributed by atoms with van der Waals surface area (Å²) in [5, 5.41) is 6.95. The molecule has 1 aromatic heterocycles. The number of hydrogen-bond acceptors (Lipinski definition) is 7. The number of methoxy groups -OCH3 is 2. The van der Waals surface area contributed by atoms with Crippen molar-refractivity contribution in [1.29, 1.82) is 0 Å². The van der Waals surface area contributed by atoms with Gasteiger partial charge in [-0.25, -0.2) is 0 Å². The van der Waals surface area contributed by atoms with Crippen LogP contribution in [0.5, 0.6) is 11.5 Å². The van der Waals surface area contributed by atoms with Crippen molar-refractivity contribution in [3.8, 4) is 11.5 Å². The first-order chi connectivity index (χ1) is 15.5. The number of rotatable bonds is 7. The standard InChI is InChI=1S/C23H25N3O6/c1-13-10-18(25-32-13)26-12-23-8-6-16(31-23)19(20(23)22(26)28)21(27)24-9-7-14-4-5-15(29-2)17(11-14)30-3/h4-6,8,10-11,16,19-20H,7,9,12H2,1-3H3,(H,24,27)/t16-,19-,20-,23-/m1/s1. The number of aromatic nitrogens is 1. The molecule has 2 saturated heterocycles. The number of hydrogen-bond donors (Lipinski definition) is 1. The van der Waals surface area contributed by atoms with Gasteiger partial charge in [0, 0.05) is 12.6 Å². The normalized spacial score (nSPS) is 27.7. The molecule has 2 aromatic rings. The smallest absolute Gasteiger partial charge is 0.235 e. The molecule has 4 atom stereocenters. The molecule has 1 N–H and O–H groups in total. The zero-order chi connectivity index (χ0) is 22.5. The van der Waals surface area contributed by atoms with E-state index in [-0.39, 0.29) is 11.8 Å². The number of benzene rings is 1. The summed E-state index contributed by atoms with van der Waals surface area (Å²) in [7, 11) is 3.18. The van der Waals surface area contributed by atoms with Crippen LogP contribution in [0, 0.1) is 18.8 Å². The first-order valence-corrected chi connectivity index (χ1v) is 10.6. The summed E-state index contributed by atoms with van der Waals surface area (Å²) >= 11 is 0. The van der Waals surface area contributed by atoms with Crippen LogP contribution >= 0.6 is 0 Å². The van der Waals surface area contributed by atoms with Crippen molar-refractivity contribution in [2.24, 2.45) is 11.8 Å². The van der Waals surface area contributed by atoms with E-state index in [2.05, 4.69) is 10.5 Å². The van der Waals surface area contributed by atoms with E-state index in [0.29, 0.717) is 42.6 Å². The first kappa shape index (κ1) is 20.6. The summed E-state index contributed by atoms with van der Waals surface area (Å²) < 4.78 is 21.9. The third-order valence-corrected chi connectivity index (χ3v) is 6.46. The van der Waals surface area contributed by atoms with E-state index < -0.39 is 23.5 Å². The molecule has 2 bridgehead atoms. The van der Waals surface area contributed by atoms with E-state index >= 15 is 0 Å². The van der Waals surface area contributed by atoms with Gasteiger partial charge in [-0.1, -0.05) is 23.4 Å². The Morgan fingerprint density at radius 3 is 2.81 bits per heavy atom. The third kappa shape index (κ3) is 3.15. The lowest BCUT2D eigenvalue weighted by molar-refractivity contribution is -0.131. The number of nitrogens with one attached hydrogen (secondary N) is 1. The molecule has 2 fully saturated rings. The average Bonchev–Trinajstić information content (AvgIpc) is 3.54. The van der Waals surface area contributed by atoms with E-state index in [1.807, 2.05) is 30.4 Å². The van der Waals surface area contributed by atoms with Crippen LogP contribution in [0.15, 0.2) is 40.9 Å². The molecule has 2 amide bonds. The van der Waals surface area contributed by atoms with Gasteiger partial charge in [-0.15, -0.1) is 0 Å². The summed E-state index contributed by atoms with van der Waals surface area (Å²) in [4.78, 5) is 27.9.